The van der Waals surface area contributed by atoms with E-state index in [4.69, 9.17) is 4.98 Å². The lowest BCUT2D eigenvalue weighted by Gasteiger charge is -2.40. The first-order valence-corrected chi connectivity index (χ1v) is 12.5. The molecule has 3 nitrogen and oxygen atoms in total. The van der Waals surface area contributed by atoms with Crippen molar-refractivity contribution in [3.05, 3.63) is 78.4 Å². The fraction of sp³-hybridized carbons (Fsp3) is 0.367. The lowest BCUT2D eigenvalue weighted by molar-refractivity contribution is 0.0943. The lowest BCUT2D eigenvalue weighted by Crippen LogP contribution is -2.45. The number of piperidine rings is 1. The lowest BCUT2D eigenvalue weighted by atomic mass is 9.95. The van der Waals surface area contributed by atoms with Gasteiger partial charge in [0.15, 0.2) is 0 Å². The molecule has 1 atom stereocenters. The second-order valence-electron chi connectivity index (χ2n) is 9.34. The number of rotatable bonds is 6. The van der Waals surface area contributed by atoms with Crippen LogP contribution < -0.4 is 0 Å². The first-order valence-electron chi connectivity index (χ1n) is 12.5. The number of hydrogen-bond donors (Lipinski definition) is 0. The summed E-state index contributed by atoms with van der Waals surface area (Å²) in [6, 6.07) is 27.3. The Bertz CT molecular complexity index is 1240. The van der Waals surface area contributed by atoms with Gasteiger partial charge >= 0.3 is 0 Å². The van der Waals surface area contributed by atoms with Gasteiger partial charge in [-0.05, 0) is 67.4 Å². The van der Waals surface area contributed by atoms with Crippen molar-refractivity contribution in [3.63, 3.8) is 0 Å². The van der Waals surface area contributed by atoms with Crippen molar-refractivity contribution in [2.45, 2.75) is 45.7 Å². The van der Waals surface area contributed by atoms with Gasteiger partial charge in [-0.3, -0.25) is 4.90 Å². The highest BCUT2D eigenvalue weighted by Crippen LogP contribution is 2.34. The van der Waals surface area contributed by atoms with Gasteiger partial charge in [0.2, 0.25) is 0 Å². The van der Waals surface area contributed by atoms with E-state index in [-0.39, 0.29) is 12.4 Å². The molecule has 1 aromatic heterocycles. The van der Waals surface area contributed by atoms with E-state index in [9.17, 15) is 0 Å². The summed E-state index contributed by atoms with van der Waals surface area (Å²) in [6.07, 6.45) is 2.51. The van der Waals surface area contributed by atoms with Crippen LogP contribution in [-0.4, -0.2) is 47.0 Å². The molecule has 0 N–H and O–H groups in total. The van der Waals surface area contributed by atoms with Crippen LogP contribution in [0.1, 0.15) is 45.2 Å². The van der Waals surface area contributed by atoms with Crippen LogP contribution in [0.3, 0.4) is 0 Å². The molecule has 0 amide bonds. The summed E-state index contributed by atoms with van der Waals surface area (Å²) in [6.45, 7) is 11.6. The summed E-state index contributed by atoms with van der Waals surface area (Å²) in [5.74, 6) is 0. The van der Waals surface area contributed by atoms with Gasteiger partial charge in [0.1, 0.15) is 0 Å². The van der Waals surface area contributed by atoms with Crippen molar-refractivity contribution in [3.8, 4) is 11.3 Å². The molecule has 4 heteroatoms. The van der Waals surface area contributed by atoms with E-state index in [1.165, 1.54) is 40.1 Å². The maximum absolute atomic E-state index is 5.07. The Morgan fingerprint density at radius 2 is 1.56 bits per heavy atom. The molecule has 0 spiro atoms. The van der Waals surface area contributed by atoms with Crippen LogP contribution in [0.15, 0.2) is 72.8 Å². The van der Waals surface area contributed by atoms with E-state index in [1.54, 1.807) is 0 Å². The quantitative estimate of drug-likeness (QED) is 0.292. The Balaban J connectivity index is 0.00000274. The minimum absolute atomic E-state index is 0. The number of fused-ring (bicyclic) bond motifs is 2. The van der Waals surface area contributed by atoms with Crippen LogP contribution in [0.5, 0.6) is 0 Å². The summed E-state index contributed by atoms with van der Waals surface area (Å²) < 4.78 is 0. The van der Waals surface area contributed by atoms with Gasteiger partial charge in [0, 0.05) is 36.1 Å². The second kappa shape index (κ2) is 10.9. The fourth-order valence-corrected chi connectivity index (χ4v) is 5.62. The molecule has 0 saturated carbocycles. The highest BCUT2D eigenvalue weighted by molar-refractivity contribution is 5.89. The highest BCUT2D eigenvalue weighted by atomic mass is 35.5. The molecular formula is C30H36ClN3. The van der Waals surface area contributed by atoms with Gasteiger partial charge in [-0.2, -0.15) is 0 Å². The fourth-order valence-electron chi connectivity index (χ4n) is 5.62. The number of aromatic nitrogens is 1. The van der Waals surface area contributed by atoms with Crippen LogP contribution >= 0.6 is 12.4 Å². The third-order valence-corrected chi connectivity index (χ3v) is 7.62. The molecule has 5 rings (SSSR count). The van der Waals surface area contributed by atoms with Crippen LogP contribution in [0.2, 0.25) is 0 Å². The van der Waals surface area contributed by atoms with Gasteiger partial charge in [-0.25, -0.2) is 4.98 Å². The van der Waals surface area contributed by atoms with Crippen molar-refractivity contribution in [2.75, 3.05) is 26.2 Å². The number of para-hydroxylation sites is 1. The molecule has 2 heterocycles. The molecule has 0 aliphatic carbocycles. The van der Waals surface area contributed by atoms with Crippen molar-refractivity contribution < 1.29 is 0 Å². The SMILES string of the molecule is CCN(CC)C1CCN(C(C)c2cc(-c3ccc4ccccc4c3)nc3ccccc23)CC1.Cl. The summed E-state index contributed by atoms with van der Waals surface area (Å²) in [7, 11) is 0. The molecule has 4 aromatic rings. The molecule has 1 aliphatic rings. The van der Waals surface area contributed by atoms with Gasteiger partial charge < -0.3 is 4.90 Å². The van der Waals surface area contributed by atoms with Crippen LogP contribution in [0, 0.1) is 0 Å². The van der Waals surface area contributed by atoms with Crippen LogP contribution in [0.25, 0.3) is 32.9 Å². The number of nitrogens with zero attached hydrogens (tertiary/aromatic N) is 3. The normalized spacial score (nSPS) is 16.1. The van der Waals surface area contributed by atoms with Crippen molar-refractivity contribution in [1.82, 2.24) is 14.8 Å². The van der Waals surface area contributed by atoms with Crippen molar-refractivity contribution in [2.24, 2.45) is 0 Å². The molecule has 0 radical (unpaired) electrons. The molecular weight excluding hydrogens is 438 g/mol. The number of pyridine rings is 1. The zero-order chi connectivity index (χ0) is 22.8. The second-order valence-corrected chi connectivity index (χ2v) is 9.34. The Labute approximate surface area is 210 Å². The number of hydrogen-bond acceptors (Lipinski definition) is 3. The van der Waals surface area contributed by atoms with Gasteiger partial charge in [-0.1, -0.05) is 68.4 Å². The first-order chi connectivity index (χ1) is 16.2. The van der Waals surface area contributed by atoms with E-state index in [0.29, 0.717) is 6.04 Å². The average molecular weight is 474 g/mol. The molecule has 0 bridgehead atoms. The zero-order valence-electron chi connectivity index (χ0n) is 20.6. The van der Waals surface area contributed by atoms with E-state index in [2.05, 4.69) is 103 Å². The molecule has 1 unspecified atom stereocenters. The van der Waals surface area contributed by atoms with Crippen molar-refractivity contribution >= 4 is 34.1 Å². The standard InChI is InChI=1S/C30H35N3.ClH/c1-4-32(5-2)26-16-18-33(19-17-26)22(3)28-21-30(31-29-13-9-8-12-27(28)29)25-15-14-23-10-6-7-11-24(23)20-25;/h6-15,20-22,26H,4-5,16-19H2,1-3H3;1H. The Morgan fingerprint density at radius 3 is 2.29 bits per heavy atom. The average Bonchev–Trinajstić information content (AvgIpc) is 2.88. The number of benzene rings is 3. The Hall–Kier alpha value is -2.46. The van der Waals surface area contributed by atoms with Gasteiger partial charge in [0.05, 0.1) is 11.2 Å². The predicted octanol–water partition coefficient (Wildman–Crippen LogP) is 7.34. The summed E-state index contributed by atoms with van der Waals surface area (Å²) >= 11 is 0. The topological polar surface area (TPSA) is 19.4 Å². The van der Waals surface area contributed by atoms with Crippen LogP contribution in [0.4, 0.5) is 0 Å². The third-order valence-electron chi connectivity index (χ3n) is 7.62. The monoisotopic (exact) mass is 473 g/mol. The smallest absolute Gasteiger partial charge is 0.0713 e. The molecule has 1 saturated heterocycles. The summed E-state index contributed by atoms with van der Waals surface area (Å²) in [5, 5.41) is 3.81. The Morgan fingerprint density at radius 1 is 0.882 bits per heavy atom. The third kappa shape index (κ3) is 4.84. The zero-order valence-corrected chi connectivity index (χ0v) is 21.4. The number of halogens is 1. The molecule has 3 aromatic carbocycles. The number of likely N-dealkylation sites (tertiary alicyclic amines) is 1. The summed E-state index contributed by atoms with van der Waals surface area (Å²) in [4.78, 5) is 10.4. The van der Waals surface area contributed by atoms with E-state index < -0.39 is 0 Å². The van der Waals surface area contributed by atoms with Gasteiger partial charge in [-0.15, -0.1) is 12.4 Å². The van der Waals surface area contributed by atoms with E-state index >= 15 is 0 Å². The highest BCUT2D eigenvalue weighted by Gasteiger charge is 2.27. The van der Waals surface area contributed by atoms with Crippen LogP contribution in [-0.2, 0) is 0 Å². The van der Waals surface area contributed by atoms with Gasteiger partial charge in [0.25, 0.3) is 0 Å². The summed E-state index contributed by atoms with van der Waals surface area (Å²) in [5.41, 5.74) is 4.74. The largest absolute Gasteiger partial charge is 0.301 e. The Kier molecular flexibility index (Phi) is 7.88. The predicted molar refractivity (Wildman–Crippen MR) is 148 cm³/mol. The molecule has 34 heavy (non-hydrogen) atoms. The maximum atomic E-state index is 5.07. The van der Waals surface area contributed by atoms with E-state index in [0.717, 1.165) is 43.4 Å². The minimum atomic E-state index is 0. The molecule has 1 aliphatic heterocycles. The maximum Gasteiger partial charge on any atom is 0.0713 e. The molecule has 1 fully saturated rings. The minimum Gasteiger partial charge on any atom is -0.301 e. The van der Waals surface area contributed by atoms with E-state index in [1.807, 2.05) is 0 Å². The first kappa shape index (κ1) is 24.7. The molecule has 178 valence electrons. The van der Waals surface area contributed by atoms with Crippen molar-refractivity contribution in [1.29, 1.82) is 0 Å².